The molecule has 0 radical (unpaired) electrons. The third kappa shape index (κ3) is 3.26. The first-order chi connectivity index (χ1) is 9.49. The lowest BCUT2D eigenvalue weighted by atomic mass is 10.2. The van der Waals surface area contributed by atoms with Crippen LogP contribution in [-0.2, 0) is 9.53 Å². The highest BCUT2D eigenvalue weighted by Crippen LogP contribution is 2.12. The molecule has 0 saturated carbocycles. The molecule has 1 saturated heterocycles. The molecule has 6 nitrogen and oxygen atoms in total. The van der Waals surface area contributed by atoms with Crippen LogP contribution in [0.3, 0.4) is 0 Å². The molecular formula is C13H16ClN3O3. The number of pyridine rings is 1. The van der Waals surface area contributed by atoms with Gasteiger partial charge in [-0.25, -0.2) is 4.98 Å². The summed E-state index contributed by atoms with van der Waals surface area (Å²) in [5, 5.41) is 0.476. The van der Waals surface area contributed by atoms with Gasteiger partial charge >= 0.3 is 0 Å². The Kier molecular flexibility index (Phi) is 4.57. The van der Waals surface area contributed by atoms with Crippen LogP contribution in [0.25, 0.3) is 0 Å². The Morgan fingerprint density at radius 2 is 2.20 bits per heavy atom. The van der Waals surface area contributed by atoms with Gasteiger partial charge in [-0.2, -0.15) is 0 Å². The van der Waals surface area contributed by atoms with Crippen LogP contribution < -0.4 is 0 Å². The summed E-state index contributed by atoms with van der Waals surface area (Å²) in [6.45, 7) is 1.02. The van der Waals surface area contributed by atoms with Crippen LogP contribution in [0, 0.1) is 0 Å². The van der Waals surface area contributed by atoms with Crippen molar-refractivity contribution < 1.29 is 14.3 Å². The Bertz CT molecular complexity index is 504. The maximum atomic E-state index is 12.3. The molecule has 2 amide bonds. The number of hydrogen-bond acceptors (Lipinski definition) is 4. The van der Waals surface area contributed by atoms with E-state index in [0.717, 1.165) is 0 Å². The lowest BCUT2D eigenvalue weighted by Gasteiger charge is -2.33. The van der Waals surface area contributed by atoms with Crippen LogP contribution in [0.4, 0.5) is 0 Å². The van der Waals surface area contributed by atoms with Gasteiger partial charge < -0.3 is 14.5 Å². The predicted octanol–water partition coefficient (Wildman–Crippen LogP) is 0.664. The Balaban J connectivity index is 2.07. The third-order valence-corrected chi connectivity index (χ3v) is 3.24. The number of nitrogens with zero attached hydrogens (tertiary/aromatic N) is 3. The molecule has 2 rings (SSSR count). The molecule has 0 N–H and O–H groups in total. The molecule has 1 atom stereocenters. The summed E-state index contributed by atoms with van der Waals surface area (Å²) in [6, 6.07) is 3.19. The molecule has 20 heavy (non-hydrogen) atoms. The summed E-state index contributed by atoms with van der Waals surface area (Å²) in [4.78, 5) is 31.2. The normalized spacial score (nSPS) is 18.8. The highest BCUT2D eigenvalue weighted by Gasteiger charge is 2.30. The topological polar surface area (TPSA) is 62.7 Å². The minimum Gasteiger partial charge on any atom is -0.365 e. The number of rotatable bonds is 2. The molecule has 1 aromatic rings. The Morgan fingerprint density at radius 1 is 1.45 bits per heavy atom. The summed E-state index contributed by atoms with van der Waals surface area (Å²) in [5.41, 5.74) is 0.312. The Hall–Kier alpha value is -1.66. The summed E-state index contributed by atoms with van der Waals surface area (Å²) in [7, 11) is 3.32. The molecule has 0 bridgehead atoms. The van der Waals surface area contributed by atoms with E-state index < -0.39 is 6.10 Å². The maximum Gasteiger partial charge on any atom is 0.272 e. The van der Waals surface area contributed by atoms with Crippen molar-refractivity contribution in [2.75, 3.05) is 33.8 Å². The molecular weight excluding hydrogens is 282 g/mol. The molecule has 108 valence electrons. The summed E-state index contributed by atoms with van der Waals surface area (Å²) in [5.74, 6) is -0.368. The second-order valence-electron chi connectivity index (χ2n) is 4.70. The van der Waals surface area contributed by atoms with Gasteiger partial charge in [-0.15, -0.1) is 0 Å². The van der Waals surface area contributed by atoms with Crippen molar-refractivity contribution in [1.29, 1.82) is 0 Å². The van der Waals surface area contributed by atoms with E-state index in [2.05, 4.69) is 4.98 Å². The van der Waals surface area contributed by atoms with Crippen molar-refractivity contribution in [3.05, 3.63) is 29.0 Å². The Labute approximate surface area is 122 Å². The molecule has 1 unspecified atom stereocenters. The fraction of sp³-hybridized carbons (Fsp3) is 0.462. The largest absolute Gasteiger partial charge is 0.365 e. The van der Waals surface area contributed by atoms with Crippen LogP contribution in [0.1, 0.15) is 10.5 Å². The zero-order valence-corrected chi connectivity index (χ0v) is 12.1. The van der Waals surface area contributed by atoms with Gasteiger partial charge in [0.2, 0.25) is 0 Å². The second kappa shape index (κ2) is 6.19. The molecule has 2 heterocycles. The number of hydrogen-bond donors (Lipinski definition) is 0. The van der Waals surface area contributed by atoms with E-state index in [4.69, 9.17) is 16.3 Å². The molecule has 1 aliphatic rings. The zero-order chi connectivity index (χ0) is 14.7. The number of halogens is 1. The number of carbonyl (C=O) groups is 2. The highest BCUT2D eigenvalue weighted by atomic mass is 35.5. The smallest absolute Gasteiger partial charge is 0.272 e. The number of ether oxygens (including phenoxy) is 1. The van der Waals surface area contributed by atoms with Crippen LogP contribution >= 0.6 is 11.6 Å². The van der Waals surface area contributed by atoms with Crippen LogP contribution in [0.5, 0.6) is 0 Å². The van der Waals surface area contributed by atoms with Gasteiger partial charge in [0.1, 0.15) is 5.69 Å². The highest BCUT2D eigenvalue weighted by molar-refractivity contribution is 6.30. The van der Waals surface area contributed by atoms with E-state index >= 15 is 0 Å². The first kappa shape index (κ1) is 14.7. The van der Waals surface area contributed by atoms with E-state index in [9.17, 15) is 9.59 Å². The SMILES string of the molecule is CN(C)C(=O)C1CN(C(=O)c2ccc(Cl)cn2)CCO1. The summed E-state index contributed by atoms with van der Waals surface area (Å²) in [6.07, 6.45) is 0.813. The van der Waals surface area contributed by atoms with Crippen molar-refractivity contribution in [2.45, 2.75) is 6.10 Å². The number of carbonyl (C=O) groups excluding carboxylic acids is 2. The van der Waals surface area contributed by atoms with Gasteiger partial charge in [-0.05, 0) is 12.1 Å². The van der Waals surface area contributed by atoms with Gasteiger partial charge in [0.05, 0.1) is 18.2 Å². The van der Waals surface area contributed by atoms with Crippen molar-refractivity contribution in [3.8, 4) is 0 Å². The fourth-order valence-electron chi connectivity index (χ4n) is 1.94. The maximum absolute atomic E-state index is 12.3. The minimum atomic E-state index is -0.616. The van der Waals surface area contributed by atoms with Crippen LogP contribution in [-0.4, -0.2) is 66.5 Å². The van der Waals surface area contributed by atoms with Gasteiger partial charge in [-0.3, -0.25) is 9.59 Å². The average molecular weight is 298 g/mol. The standard InChI is InChI=1S/C13H16ClN3O3/c1-16(2)13(19)11-8-17(5-6-20-11)12(18)10-4-3-9(14)7-15-10/h3-4,7,11H,5-6,8H2,1-2H3. The first-order valence-corrected chi connectivity index (χ1v) is 6.60. The molecule has 1 fully saturated rings. The molecule has 0 aromatic carbocycles. The zero-order valence-electron chi connectivity index (χ0n) is 11.4. The monoisotopic (exact) mass is 297 g/mol. The molecule has 7 heteroatoms. The number of morpholine rings is 1. The van der Waals surface area contributed by atoms with Crippen molar-refractivity contribution in [3.63, 3.8) is 0 Å². The van der Waals surface area contributed by atoms with Gasteiger partial charge in [0.25, 0.3) is 11.8 Å². The summed E-state index contributed by atoms with van der Waals surface area (Å²) >= 11 is 5.74. The molecule has 1 aromatic heterocycles. The van der Waals surface area contributed by atoms with E-state index in [1.165, 1.54) is 11.1 Å². The van der Waals surface area contributed by atoms with E-state index in [1.807, 2.05) is 0 Å². The quantitative estimate of drug-likeness (QED) is 0.805. The number of amides is 2. The Morgan fingerprint density at radius 3 is 2.80 bits per heavy atom. The van der Waals surface area contributed by atoms with Crippen LogP contribution in [0.15, 0.2) is 18.3 Å². The third-order valence-electron chi connectivity index (χ3n) is 3.02. The number of aromatic nitrogens is 1. The molecule has 0 spiro atoms. The average Bonchev–Trinajstić information content (AvgIpc) is 2.46. The van der Waals surface area contributed by atoms with Crippen molar-refractivity contribution in [1.82, 2.24) is 14.8 Å². The molecule has 1 aliphatic heterocycles. The van der Waals surface area contributed by atoms with Crippen molar-refractivity contribution in [2.24, 2.45) is 0 Å². The first-order valence-electron chi connectivity index (χ1n) is 6.22. The van der Waals surface area contributed by atoms with E-state index in [0.29, 0.717) is 23.9 Å². The second-order valence-corrected chi connectivity index (χ2v) is 5.14. The van der Waals surface area contributed by atoms with Crippen LogP contribution in [0.2, 0.25) is 5.02 Å². The predicted molar refractivity (Wildman–Crippen MR) is 73.6 cm³/mol. The fourth-order valence-corrected chi connectivity index (χ4v) is 2.05. The minimum absolute atomic E-state index is 0.147. The van der Waals surface area contributed by atoms with Crippen molar-refractivity contribution >= 4 is 23.4 Å². The van der Waals surface area contributed by atoms with Gasteiger partial charge in [-0.1, -0.05) is 11.6 Å². The lowest BCUT2D eigenvalue weighted by molar-refractivity contribution is -0.145. The lowest BCUT2D eigenvalue weighted by Crippen LogP contribution is -2.51. The van der Waals surface area contributed by atoms with Gasteiger partial charge in [0.15, 0.2) is 6.10 Å². The van der Waals surface area contributed by atoms with Gasteiger partial charge in [0, 0.05) is 26.8 Å². The van der Waals surface area contributed by atoms with E-state index in [1.54, 1.807) is 31.1 Å². The summed E-state index contributed by atoms with van der Waals surface area (Å²) < 4.78 is 5.41. The van der Waals surface area contributed by atoms with E-state index in [-0.39, 0.29) is 18.4 Å². The number of likely N-dealkylation sites (N-methyl/N-ethyl adjacent to an activating group) is 1. The molecule has 0 aliphatic carbocycles.